The van der Waals surface area contributed by atoms with E-state index in [0.29, 0.717) is 16.4 Å². The van der Waals surface area contributed by atoms with Crippen LogP contribution in [0.5, 0.6) is 0 Å². The molecule has 0 saturated carbocycles. The number of para-hydroxylation sites is 2. The molecule has 2 aliphatic heterocycles. The first-order chi connectivity index (χ1) is 14.2. The minimum atomic E-state index is -0.739. The number of benzene rings is 3. The van der Waals surface area contributed by atoms with Crippen molar-refractivity contribution in [1.29, 1.82) is 0 Å². The number of carbonyl (C=O) groups is 2. The van der Waals surface area contributed by atoms with Crippen molar-refractivity contribution in [2.75, 3.05) is 9.91 Å². The van der Waals surface area contributed by atoms with Gasteiger partial charge in [0.2, 0.25) is 5.91 Å². The number of hydrogen-bond donors (Lipinski definition) is 0. The van der Waals surface area contributed by atoms with Gasteiger partial charge in [-0.15, -0.1) is 0 Å². The number of hydrazone groups is 1. The molecule has 3 aromatic carbocycles. The zero-order valence-corrected chi connectivity index (χ0v) is 16.0. The van der Waals surface area contributed by atoms with Gasteiger partial charge in [-0.3, -0.25) is 14.6 Å². The molecule has 5 nitrogen and oxygen atoms in total. The summed E-state index contributed by atoms with van der Waals surface area (Å²) in [6.45, 7) is 0. The molecule has 2 heterocycles. The van der Waals surface area contributed by atoms with Gasteiger partial charge < -0.3 is 0 Å². The zero-order valence-electron chi connectivity index (χ0n) is 15.3. The molecular formula is C23H16ClN3O2. The Labute approximate surface area is 172 Å². The number of amides is 2. The van der Waals surface area contributed by atoms with Crippen molar-refractivity contribution in [3.63, 3.8) is 0 Å². The van der Waals surface area contributed by atoms with Crippen LogP contribution in [-0.2, 0) is 9.59 Å². The summed E-state index contributed by atoms with van der Waals surface area (Å²) in [4.78, 5) is 28.1. The summed E-state index contributed by atoms with van der Waals surface area (Å²) in [6.07, 6.45) is 0. The van der Waals surface area contributed by atoms with Crippen LogP contribution in [-0.4, -0.2) is 23.6 Å². The Bertz CT molecular complexity index is 1130. The smallest absolute Gasteiger partial charge is 0.259 e. The first kappa shape index (κ1) is 17.6. The molecule has 5 rings (SSSR count). The quantitative estimate of drug-likeness (QED) is 0.620. The van der Waals surface area contributed by atoms with Crippen LogP contribution in [0.1, 0.15) is 5.56 Å². The fourth-order valence-electron chi connectivity index (χ4n) is 3.93. The third-order valence-electron chi connectivity index (χ3n) is 5.23. The Morgan fingerprint density at radius 1 is 0.759 bits per heavy atom. The molecule has 2 amide bonds. The summed E-state index contributed by atoms with van der Waals surface area (Å²) < 4.78 is 0. The number of carbonyl (C=O) groups excluding carboxylic acids is 2. The first-order valence-corrected chi connectivity index (χ1v) is 9.65. The Morgan fingerprint density at radius 3 is 2.07 bits per heavy atom. The molecule has 0 spiro atoms. The average Bonchev–Trinajstić information content (AvgIpc) is 3.27. The van der Waals surface area contributed by atoms with Gasteiger partial charge >= 0.3 is 0 Å². The molecule has 0 N–H and O–H groups in total. The highest BCUT2D eigenvalue weighted by molar-refractivity contribution is 6.39. The van der Waals surface area contributed by atoms with Crippen molar-refractivity contribution in [2.24, 2.45) is 11.0 Å². The predicted octanol–water partition coefficient (Wildman–Crippen LogP) is 4.12. The molecular weight excluding hydrogens is 386 g/mol. The number of fused-ring (bicyclic) bond motifs is 1. The van der Waals surface area contributed by atoms with E-state index in [1.54, 1.807) is 29.3 Å². The van der Waals surface area contributed by atoms with Crippen molar-refractivity contribution in [1.82, 2.24) is 0 Å². The lowest BCUT2D eigenvalue weighted by Crippen LogP contribution is -2.39. The van der Waals surface area contributed by atoms with Crippen LogP contribution in [0.4, 0.5) is 11.4 Å². The molecule has 142 valence electrons. The summed E-state index contributed by atoms with van der Waals surface area (Å²) in [6, 6.07) is 25.1. The number of nitrogens with zero attached hydrogens (tertiary/aromatic N) is 3. The van der Waals surface area contributed by atoms with Crippen molar-refractivity contribution < 1.29 is 9.59 Å². The van der Waals surface area contributed by atoms with E-state index in [1.807, 2.05) is 60.7 Å². The number of rotatable bonds is 3. The minimum absolute atomic E-state index is 0.311. The molecule has 0 aromatic heterocycles. The second-order valence-corrected chi connectivity index (χ2v) is 7.32. The highest BCUT2D eigenvalue weighted by Crippen LogP contribution is 2.40. The van der Waals surface area contributed by atoms with Crippen molar-refractivity contribution in [3.8, 4) is 0 Å². The van der Waals surface area contributed by atoms with Crippen LogP contribution >= 0.6 is 11.6 Å². The van der Waals surface area contributed by atoms with Gasteiger partial charge in [-0.25, -0.2) is 4.90 Å². The monoisotopic (exact) mass is 401 g/mol. The van der Waals surface area contributed by atoms with E-state index in [4.69, 9.17) is 16.7 Å². The van der Waals surface area contributed by atoms with Gasteiger partial charge in [0, 0.05) is 0 Å². The molecule has 0 unspecified atom stereocenters. The Hall–Kier alpha value is -3.44. The number of halogens is 1. The summed E-state index contributed by atoms with van der Waals surface area (Å²) >= 11 is 6.31. The van der Waals surface area contributed by atoms with Crippen LogP contribution in [0, 0.1) is 5.92 Å². The number of anilines is 2. The fourth-order valence-corrected chi connectivity index (χ4v) is 4.15. The molecule has 6 heteroatoms. The van der Waals surface area contributed by atoms with E-state index in [0.717, 1.165) is 11.3 Å². The van der Waals surface area contributed by atoms with Gasteiger partial charge in [-0.1, -0.05) is 72.3 Å². The van der Waals surface area contributed by atoms with Crippen LogP contribution in [0.15, 0.2) is 90.0 Å². The molecule has 0 aliphatic carbocycles. The lowest BCUT2D eigenvalue weighted by molar-refractivity contribution is -0.121. The topological polar surface area (TPSA) is 53.0 Å². The highest BCUT2D eigenvalue weighted by atomic mass is 35.5. The molecule has 2 atom stereocenters. The lowest BCUT2D eigenvalue weighted by atomic mass is 9.93. The van der Waals surface area contributed by atoms with E-state index < -0.39 is 12.0 Å². The lowest BCUT2D eigenvalue weighted by Gasteiger charge is -2.22. The minimum Gasteiger partial charge on any atom is -0.273 e. The maximum absolute atomic E-state index is 13.4. The predicted molar refractivity (Wildman–Crippen MR) is 113 cm³/mol. The van der Waals surface area contributed by atoms with E-state index in [2.05, 4.69) is 0 Å². The molecule has 2 aliphatic rings. The highest BCUT2D eigenvalue weighted by Gasteiger charge is 2.57. The molecule has 3 aromatic rings. The Morgan fingerprint density at radius 2 is 1.38 bits per heavy atom. The van der Waals surface area contributed by atoms with Gasteiger partial charge in [-0.05, 0) is 29.8 Å². The number of imide groups is 1. The zero-order chi connectivity index (χ0) is 20.0. The molecule has 0 radical (unpaired) electrons. The summed E-state index contributed by atoms with van der Waals surface area (Å²) in [5.41, 5.74) is 2.57. The van der Waals surface area contributed by atoms with Gasteiger partial charge in [0.25, 0.3) is 5.91 Å². The summed E-state index contributed by atoms with van der Waals surface area (Å²) in [5.74, 6) is -1.33. The third kappa shape index (κ3) is 2.74. The van der Waals surface area contributed by atoms with Gasteiger partial charge in [0.1, 0.15) is 12.0 Å². The SMILES string of the molecule is O=C1[C@@H]2C(c3ccccc3)=NN(c3ccccc3)[C@H]2C(=O)N1c1ccccc1Cl. The van der Waals surface area contributed by atoms with E-state index in [-0.39, 0.29) is 11.8 Å². The van der Waals surface area contributed by atoms with Crippen molar-refractivity contribution in [2.45, 2.75) is 6.04 Å². The van der Waals surface area contributed by atoms with Crippen LogP contribution in [0.2, 0.25) is 5.02 Å². The van der Waals surface area contributed by atoms with E-state index in [9.17, 15) is 9.59 Å². The van der Waals surface area contributed by atoms with Crippen LogP contribution in [0.25, 0.3) is 0 Å². The summed E-state index contributed by atoms with van der Waals surface area (Å²) in [7, 11) is 0. The third-order valence-corrected chi connectivity index (χ3v) is 5.55. The van der Waals surface area contributed by atoms with Gasteiger partial charge in [-0.2, -0.15) is 5.10 Å². The second kappa shape index (κ2) is 6.87. The Kier molecular flexibility index (Phi) is 4.18. The molecule has 1 fully saturated rings. The van der Waals surface area contributed by atoms with Crippen molar-refractivity contribution >= 4 is 40.5 Å². The normalized spacial score (nSPS) is 20.8. The molecule has 0 bridgehead atoms. The fraction of sp³-hybridized carbons (Fsp3) is 0.0870. The maximum Gasteiger partial charge on any atom is 0.259 e. The van der Waals surface area contributed by atoms with E-state index >= 15 is 0 Å². The maximum atomic E-state index is 13.4. The first-order valence-electron chi connectivity index (χ1n) is 9.27. The van der Waals surface area contributed by atoms with E-state index in [1.165, 1.54) is 4.90 Å². The summed E-state index contributed by atoms with van der Waals surface area (Å²) in [5, 5.41) is 6.73. The Balaban J connectivity index is 1.65. The average molecular weight is 402 g/mol. The number of hydrogen-bond acceptors (Lipinski definition) is 4. The van der Waals surface area contributed by atoms with Crippen LogP contribution in [0.3, 0.4) is 0 Å². The largest absolute Gasteiger partial charge is 0.273 e. The molecule has 29 heavy (non-hydrogen) atoms. The van der Waals surface area contributed by atoms with Gasteiger partial charge in [0.15, 0.2) is 0 Å². The standard InChI is InChI=1S/C23H16ClN3O2/c24-17-13-7-8-14-18(17)26-22(28)19-20(15-9-3-1-4-10-15)25-27(21(19)23(26)29)16-11-5-2-6-12-16/h1-14,19,21H/t19-,21-/m1/s1. The second-order valence-electron chi connectivity index (χ2n) is 6.92. The van der Waals surface area contributed by atoms with Gasteiger partial charge in [0.05, 0.1) is 22.1 Å². The van der Waals surface area contributed by atoms with Crippen LogP contribution < -0.4 is 9.91 Å². The van der Waals surface area contributed by atoms with Crippen molar-refractivity contribution in [3.05, 3.63) is 95.5 Å². The molecule has 1 saturated heterocycles.